The van der Waals surface area contributed by atoms with Gasteiger partial charge in [-0.25, -0.2) is 8.42 Å². The highest BCUT2D eigenvalue weighted by Gasteiger charge is 2.27. The third kappa shape index (κ3) is 4.68. The smallest absolute Gasteiger partial charge is 0.237 e. The van der Waals surface area contributed by atoms with Crippen molar-refractivity contribution in [1.82, 2.24) is 0 Å². The summed E-state index contributed by atoms with van der Waals surface area (Å²) >= 11 is 7.41. The number of hydrogen-bond donors (Lipinski definition) is 2. The van der Waals surface area contributed by atoms with E-state index in [1.807, 2.05) is 6.92 Å². The number of anilines is 2. The summed E-state index contributed by atoms with van der Waals surface area (Å²) in [6.45, 7) is 1.93. The van der Waals surface area contributed by atoms with Crippen molar-refractivity contribution < 1.29 is 18.0 Å². The van der Waals surface area contributed by atoms with E-state index in [4.69, 9.17) is 11.6 Å². The third-order valence-corrected chi connectivity index (χ3v) is 7.73. The van der Waals surface area contributed by atoms with Gasteiger partial charge in [0.15, 0.2) is 9.84 Å². The molecule has 2 aromatic carbocycles. The lowest BCUT2D eigenvalue weighted by molar-refractivity contribution is -0.116. The molecule has 2 amide bonds. The Bertz CT molecular complexity index is 1020. The summed E-state index contributed by atoms with van der Waals surface area (Å²) in [5.74, 6) is -0.918. The van der Waals surface area contributed by atoms with E-state index in [1.165, 1.54) is 23.9 Å². The molecule has 2 aromatic rings. The fourth-order valence-electron chi connectivity index (χ4n) is 2.71. The van der Waals surface area contributed by atoms with Crippen molar-refractivity contribution in [1.29, 1.82) is 0 Å². The number of rotatable bonds is 6. The van der Waals surface area contributed by atoms with Crippen LogP contribution in [0.2, 0.25) is 5.02 Å². The molecule has 0 unspecified atom stereocenters. The van der Waals surface area contributed by atoms with Crippen LogP contribution in [0.1, 0.15) is 19.8 Å². The van der Waals surface area contributed by atoms with Gasteiger partial charge in [-0.05, 0) is 36.8 Å². The SMILES string of the molecule is CC[C@H]1Sc2ccc(S(=O)(=O)CCC(=O)Nc3ccccc3Cl)cc2NC1=O. The Morgan fingerprint density at radius 2 is 2.00 bits per heavy atom. The van der Waals surface area contributed by atoms with E-state index in [0.29, 0.717) is 22.8 Å². The van der Waals surface area contributed by atoms with Crippen LogP contribution >= 0.6 is 23.4 Å². The van der Waals surface area contributed by atoms with Crippen LogP contribution in [0.3, 0.4) is 0 Å². The normalized spacial score (nSPS) is 16.2. The molecule has 0 aliphatic carbocycles. The molecule has 2 N–H and O–H groups in total. The van der Waals surface area contributed by atoms with Crippen molar-refractivity contribution in [2.45, 2.75) is 34.8 Å². The molecular formula is C19H19ClN2O4S2. The monoisotopic (exact) mass is 438 g/mol. The van der Waals surface area contributed by atoms with Gasteiger partial charge in [-0.3, -0.25) is 9.59 Å². The molecule has 0 aromatic heterocycles. The maximum atomic E-state index is 12.6. The van der Waals surface area contributed by atoms with Crippen LogP contribution in [-0.2, 0) is 19.4 Å². The Kier molecular flexibility index (Phi) is 6.32. The molecular weight excluding hydrogens is 420 g/mol. The first-order chi connectivity index (χ1) is 13.3. The fraction of sp³-hybridized carbons (Fsp3) is 0.263. The number of carbonyl (C=O) groups is 2. The molecule has 148 valence electrons. The number of amides is 2. The van der Waals surface area contributed by atoms with Crippen LogP contribution < -0.4 is 10.6 Å². The molecule has 0 fully saturated rings. The topological polar surface area (TPSA) is 92.3 Å². The third-order valence-electron chi connectivity index (χ3n) is 4.25. The van der Waals surface area contributed by atoms with Gasteiger partial charge in [0.1, 0.15) is 0 Å². The van der Waals surface area contributed by atoms with Crippen molar-refractivity contribution in [2.24, 2.45) is 0 Å². The molecule has 1 aliphatic heterocycles. The van der Waals surface area contributed by atoms with Gasteiger partial charge in [0, 0.05) is 11.3 Å². The quantitative estimate of drug-likeness (QED) is 0.712. The van der Waals surface area contributed by atoms with Gasteiger partial charge in [0.25, 0.3) is 0 Å². The highest BCUT2D eigenvalue weighted by molar-refractivity contribution is 8.01. The Morgan fingerprint density at radius 1 is 1.25 bits per heavy atom. The molecule has 0 saturated carbocycles. The highest BCUT2D eigenvalue weighted by Crippen LogP contribution is 2.38. The highest BCUT2D eigenvalue weighted by atomic mass is 35.5. The first kappa shape index (κ1) is 20.7. The van der Waals surface area contributed by atoms with Gasteiger partial charge in [-0.1, -0.05) is 30.7 Å². The molecule has 1 atom stereocenters. The van der Waals surface area contributed by atoms with E-state index in [-0.39, 0.29) is 28.2 Å². The van der Waals surface area contributed by atoms with Gasteiger partial charge < -0.3 is 10.6 Å². The lowest BCUT2D eigenvalue weighted by Crippen LogP contribution is -2.28. The number of hydrogen-bond acceptors (Lipinski definition) is 5. The van der Waals surface area contributed by atoms with Crippen LogP contribution in [0, 0.1) is 0 Å². The summed E-state index contributed by atoms with van der Waals surface area (Å²) in [5.41, 5.74) is 0.923. The number of nitrogens with one attached hydrogen (secondary N) is 2. The molecule has 0 spiro atoms. The second-order valence-corrected chi connectivity index (χ2v) is 10.0. The Balaban J connectivity index is 1.68. The summed E-state index contributed by atoms with van der Waals surface area (Å²) in [4.78, 5) is 25.0. The van der Waals surface area contributed by atoms with E-state index < -0.39 is 15.7 Å². The summed E-state index contributed by atoms with van der Waals surface area (Å²) in [6, 6.07) is 11.4. The summed E-state index contributed by atoms with van der Waals surface area (Å²) in [7, 11) is -3.68. The van der Waals surface area contributed by atoms with Crippen molar-refractivity contribution in [3.63, 3.8) is 0 Å². The molecule has 3 rings (SSSR count). The van der Waals surface area contributed by atoms with Gasteiger partial charge in [0.05, 0.1) is 32.3 Å². The first-order valence-electron chi connectivity index (χ1n) is 8.69. The van der Waals surface area contributed by atoms with Crippen molar-refractivity contribution in [3.05, 3.63) is 47.5 Å². The average molecular weight is 439 g/mol. The van der Waals surface area contributed by atoms with Crippen LogP contribution in [0.15, 0.2) is 52.3 Å². The fourth-order valence-corrected chi connectivity index (χ4v) is 5.18. The predicted octanol–water partition coefficient (Wildman–Crippen LogP) is 3.97. The lowest BCUT2D eigenvalue weighted by Gasteiger charge is -2.23. The Hall–Kier alpha value is -2.03. The van der Waals surface area contributed by atoms with Crippen molar-refractivity contribution in [3.8, 4) is 0 Å². The summed E-state index contributed by atoms with van der Waals surface area (Å²) in [6.07, 6.45) is 0.486. The van der Waals surface area contributed by atoms with Gasteiger partial charge in [-0.2, -0.15) is 0 Å². The maximum Gasteiger partial charge on any atom is 0.237 e. The van der Waals surface area contributed by atoms with Gasteiger partial charge >= 0.3 is 0 Å². The van der Waals surface area contributed by atoms with Crippen LogP contribution in [0.25, 0.3) is 0 Å². The predicted molar refractivity (Wildman–Crippen MR) is 112 cm³/mol. The van der Waals surface area contributed by atoms with Crippen molar-refractivity contribution >= 4 is 56.4 Å². The molecule has 28 heavy (non-hydrogen) atoms. The largest absolute Gasteiger partial charge is 0.325 e. The molecule has 6 nitrogen and oxygen atoms in total. The van der Waals surface area contributed by atoms with Gasteiger partial charge in [-0.15, -0.1) is 11.8 Å². The summed E-state index contributed by atoms with van der Waals surface area (Å²) < 4.78 is 25.2. The zero-order valence-electron chi connectivity index (χ0n) is 15.1. The number of halogens is 1. The number of benzene rings is 2. The summed E-state index contributed by atoms with van der Waals surface area (Å²) in [5, 5.41) is 5.57. The molecule has 1 aliphatic rings. The maximum absolute atomic E-state index is 12.6. The lowest BCUT2D eigenvalue weighted by atomic mass is 10.2. The van der Waals surface area contributed by atoms with Crippen LogP contribution in [-0.4, -0.2) is 31.2 Å². The second kappa shape index (κ2) is 8.55. The molecule has 0 radical (unpaired) electrons. The minimum absolute atomic E-state index is 0.0765. The molecule has 0 saturated heterocycles. The number of carbonyl (C=O) groups excluding carboxylic acids is 2. The molecule has 9 heteroatoms. The van der Waals surface area contributed by atoms with E-state index in [2.05, 4.69) is 10.6 Å². The molecule has 1 heterocycles. The molecule has 0 bridgehead atoms. The Morgan fingerprint density at radius 3 is 2.71 bits per heavy atom. The minimum atomic E-state index is -3.68. The average Bonchev–Trinajstić information content (AvgIpc) is 2.67. The minimum Gasteiger partial charge on any atom is -0.325 e. The number of sulfone groups is 1. The van der Waals surface area contributed by atoms with E-state index >= 15 is 0 Å². The zero-order chi connectivity index (χ0) is 20.3. The second-order valence-electron chi connectivity index (χ2n) is 6.26. The van der Waals surface area contributed by atoms with Crippen LogP contribution in [0.5, 0.6) is 0 Å². The van der Waals surface area contributed by atoms with Gasteiger partial charge in [0.2, 0.25) is 11.8 Å². The Labute approximate surface area is 173 Å². The van der Waals surface area contributed by atoms with E-state index in [0.717, 1.165) is 4.90 Å². The van der Waals surface area contributed by atoms with E-state index in [9.17, 15) is 18.0 Å². The zero-order valence-corrected chi connectivity index (χ0v) is 17.5. The number of thioether (sulfide) groups is 1. The standard InChI is InChI=1S/C19H19ClN2O4S2/c1-2-16-19(24)22-15-11-12(7-8-17(15)27-16)28(25,26)10-9-18(23)21-14-6-4-3-5-13(14)20/h3-8,11,16H,2,9-10H2,1H3,(H,21,23)(H,22,24)/t16-/m1/s1. The van der Waals surface area contributed by atoms with Crippen LogP contribution in [0.4, 0.5) is 11.4 Å². The first-order valence-corrected chi connectivity index (χ1v) is 11.6. The number of fused-ring (bicyclic) bond motifs is 1. The number of para-hydroxylation sites is 1. The van der Waals surface area contributed by atoms with Crippen molar-refractivity contribution in [2.75, 3.05) is 16.4 Å². The van der Waals surface area contributed by atoms with E-state index in [1.54, 1.807) is 30.3 Å².